The molecule has 0 fully saturated rings. The maximum Gasteiger partial charge on any atom is 0.252 e. The minimum atomic E-state index is -0.987. The number of ether oxygens (including phenoxy) is 2. The normalized spacial score (nSPS) is 11.2. The van der Waals surface area contributed by atoms with Crippen molar-refractivity contribution in [3.8, 4) is 11.5 Å². The first-order chi connectivity index (χ1) is 21.9. The Balaban J connectivity index is 1.27. The van der Waals surface area contributed by atoms with Crippen LogP contribution in [0.2, 0.25) is 0 Å². The van der Waals surface area contributed by atoms with Crippen LogP contribution in [0.3, 0.4) is 0 Å². The number of hydrogen-bond donors (Lipinski definition) is 3. The third-order valence-corrected chi connectivity index (χ3v) is 7.07. The van der Waals surface area contributed by atoms with Crippen LogP contribution in [0.1, 0.15) is 49.0 Å². The fraction of sp³-hybridized carbons (Fsp3) is 0.108. The van der Waals surface area contributed by atoms with E-state index in [4.69, 9.17) is 15.2 Å². The highest BCUT2D eigenvalue weighted by atomic mass is 16.5. The fourth-order valence-electron chi connectivity index (χ4n) is 4.53. The molecule has 0 aliphatic heterocycles. The van der Waals surface area contributed by atoms with Crippen LogP contribution in [0.5, 0.6) is 11.5 Å². The summed E-state index contributed by atoms with van der Waals surface area (Å²) in [7, 11) is 0. The van der Waals surface area contributed by atoms with Crippen molar-refractivity contribution in [1.29, 1.82) is 0 Å². The fourth-order valence-corrected chi connectivity index (χ4v) is 4.53. The van der Waals surface area contributed by atoms with Crippen LogP contribution < -0.4 is 25.8 Å². The molecule has 3 amide bonds. The van der Waals surface area contributed by atoms with Crippen molar-refractivity contribution < 1.29 is 23.9 Å². The lowest BCUT2D eigenvalue weighted by Gasteiger charge is -2.20. The molecule has 0 radical (unpaired) electrons. The second kappa shape index (κ2) is 15.0. The quantitative estimate of drug-likeness (QED) is 0.160. The van der Waals surface area contributed by atoms with Crippen molar-refractivity contribution in [2.45, 2.75) is 25.8 Å². The van der Waals surface area contributed by atoms with Gasteiger partial charge in [-0.05, 0) is 70.8 Å². The van der Waals surface area contributed by atoms with E-state index in [-0.39, 0.29) is 6.54 Å². The molecule has 4 N–H and O–H groups in total. The van der Waals surface area contributed by atoms with Crippen molar-refractivity contribution in [3.05, 3.63) is 167 Å². The lowest BCUT2D eigenvalue weighted by atomic mass is 10.0. The number of amides is 3. The largest absolute Gasteiger partial charge is 0.489 e. The van der Waals surface area contributed by atoms with Crippen molar-refractivity contribution in [1.82, 2.24) is 10.6 Å². The third-order valence-electron chi connectivity index (χ3n) is 7.07. The molecule has 226 valence electrons. The van der Waals surface area contributed by atoms with Crippen molar-refractivity contribution in [3.63, 3.8) is 0 Å². The second-order valence-electron chi connectivity index (χ2n) is 10.3. The zero-order chi connectivity index (χ0) is 31.4. The Morgan fingerprint density at radius 1 is 0.578 bits per heavy atom. The monoisotopic (exact) mass is 599 g/mol. The minimum absolute atomic E-state index is 0.190. The average Bonchev–Trinajstić information content (AvgIpc) is 3.09. The minimum Gasteiger partial charge on any atom is -0.489 e. The van der Waals surface area contributed by atoms with Gasteiger partial charge in [-0.25, -0.2) is 0 Å². The lowest BCUT2D eigenvalue weighted by molar-refractivity contribution is -0.123. The molecule has 0 aromatic heterocycles. The topological polar surface area (TPSA) is 120 Å². The molecule has 1 atom stereocenters. The van der Waals surface area contributed by atoms with Gasteiger partial charge in [0, 0.05) is 17.7 Å². The summed E-state index contributed by atoms with van der Waals surface area (Å²) in [6, 6.07) is 39.1. The summed E-state index contributed by atoms with van der Waals surface area (Å²) in [5.74, 6) is -0.0877. The van der Waals surface area contributed by atoms with E-state index in [1.807, 2.05) is 60.7 Å². The molecular formula is C37H33N3O5. The van der Waals surface area contributed by atoms with Gasteiger partial charge in [0.1, 0.15) is 30.8 Å². The predicted octanol–water partition coefficient (Wildman–Crippen LogP) is 5.73. The number of nitrogens with one attached hydrogen (secondary N) is 2. The first kappa shape index (κ1) is 30.6. The average molecular weight is 600 g/mol. The molecule has 5 aromatic carbocycles. The van der Waals surface area contributed by atoms with Crippen LogP contribution in [0, 0.1) is 0 Å². The molecule has 8 heteroatoms. The number of carbonyl (C=O) groups is 3. The molecule has 0 heterocycles. The van der Waals surface area contributed by atoms with Crippen LogP contribution in [-0.4, -0.2) is 17.7 Å². The van der Waals surface area contributed by atoms with E-state index in [0.717, 1.165) is 16.7 Å². The first-order valence-electron chi connectivity index (χ1n) is 14.5. The van der Waals surface area contributed by atoms with Crippen LogP contribution in [0.4, 0.5) is 0 Å². The zero-order valence-corrected chi connectivity index (χ0v) is 24.5. The molecule has 8 nitrogen and oxygen atoms in total. The van der Waals surface area contributed by atoms with E-state index < -0.39 is 23.8 Å². The zero-order valence-electron chi connectivity index (χ0n) is 24.5. The van der Waals surface area contributed by atoms with Gasteiger partial charge in [-0.1, -0.05) is 84.9 Å². The van der Waals surface area contributed by atoms with Crippen molar-refractivity contribution in [2.75, 3.05) is 0 Å². The molecule has 45 heavy (non-hydrogen) atoms. The third kappa shape index (κ3) is 8.81. The summed E-state index contributed by atoms with van der Waals surface area (Å²) >= 11 is 0. The van der Waals surface area contributed by atoms with Gasteiger partial charge in [-0.2, -0.15) is 0 Å². The Labute approximate surface area is 261 Å². The number of primary amides is 1. The standard InChI is InChI=1S/C37H33N3O5/c38-35(41)30-13-11-26(12-14-30)23-39-37(43)34(29-15-19-32(20-16-29)44-24-27-7-3-1-4-8-27)40-36(42)31-17-21-33(22-18-31)45-25-28-9-5-2-6-10-28/h1-22,34H,23-25H2,(H2,38,41)(H,39,43)(H,40,42)/t34-/m0/s1. The van der Waals surface area contributed by atoms with E-state index in [9.17, 15) is 14.4 Å². The Kier molecular flexibility index (Phi) is 10.2. The number of rotatable bonds is 13. The maximum atomic E-state index is 13.5. The van der Waals surface area contributed by atoms with E-state index in [0.29, 0.717) is 41.4 Å². The number of hydrogen-bond acceptors (Lipinski definition) is 5. The van der Waals surface area contributed by atoms with Gasteiger partial charge >= 0.3 is 0 Å². The molecule has 0 saturated heterocycles. The highest BCUT2D eigenvalue weighted by molar-refractivity contribution is 5.98. The SMILES string of the molecule is NC(=O)c1ccc(CNC(=O)[C@@H](NC(=O)c2ccc(OCc3ccccc3)cc2)c2ccc(OCc3ccccc3)cc2)cc1. The van der Waals surface area contributed by atoms with E-state index in [1.54, 1.807) is 72.8 Å². The highest BCUT2D eigenvalue weighted by Gasteiger charge is 2.23. The summed E-state index contributed by atoms with van der Waals surface area (Å²) < 4.78 is 11.7. The van der Waals surface area contributed by atoms with E-state index in [1.165, 1.54) is 0 Å². The second-order valence-corrected chi connectivity index (χ2v) is 10.3. The van der Waals surface area contributed by atoms with E-state index in [2.05, 4.69) is 10.6 Å². The predicted molar refractivity (Wildman–Crippen MR) is 171 cm³/mol. The molecule has 0 aliphatic carbocycles. The summed E-state index contributed by atoms with van der Waals surface area (Å²) in [5.41, 5.74) is 9.51. The summed E-state index contributed by atoms with van der Waals surface area (Å²) in [6.45, 7) is 1.00. The molecule has 0 bridgehead atoms. The van der Waals surface area contributed by atoms with Crippen molar-refractivity contribution in [2.24, 2.45) is 5.73 Å². The Morgan fingerprint density at radius 2 is 1.07 bits per heavy atom. The van der Waals surface area contributed by atoms with Gasteiger partial charge in [-0.15, -0.1) is 0 Å². The van der Waals surface area contributed by atoms with Gasteiger partial charge in [0.2, 0.25) is 11.8 Å². The molecule has 0 unspecified atom stereocenters. The highest BCUT2D eigenvalue weighted by Crippen LogP contribution is 2.21. The van der Waals surface area contributed by atoms with Gasteiger partial charge in [0.25, 0.3) is 5.91 Å². The van der Waals surface area contributed by atoms with Crippen LogP contribution in [0.25, 0.3) is 0 Å². The summed E-state index contributed by atoms with van der Waals surface area (Å²) in [5, 5.41) is 5.76. The van der Waals surface area contributed by atoms with Gasteiger partial charge in [0.05, 0.1) is 0 Å². The lowest BCUT2D eigenvalue weighted by Crippen LogP contribution is -2.40. The van der Waals surface area contributed by atoms with Crippen LogP contribution in [-0.2, 0) is 24.6 Å². The van der Waals surface area contributed by atoms with Gasteiger partial charge in [0.15, 0.2) is 0 Å². The van der Waals surface area contributed by atoms with E-state index >= 15 is 0 Å². The first-order valence-corrected chi connectivity index (χ1v) is 14.5. The number of nitrogens with two attached hydrogens (primary N) is 1. The Hall–Kier alpha value is -5.89. The Morgan fingerprint density at radius 3 is 1.58 bits per heavy atom. The maximum absolute atomic E-state index is 13.5. The summed E-state index contributed by atoms with van der Waals surface area (Å²) in [4.78, 5) is 38.2. The molecule has 0 spiro atoms. The Bertz CT molecular complexity index is 1710. The number of benzene rings is 5. The molecule has 5 rings (SSSR count). The molecule has 0 aliphatic rings. The number of carbonyl (C=O) groups excluding carboxylic acids is 3. The van der Waals surface area contributed by atoms with Crippen LogP contribution in [0.15, 0.2) is 133 Å². The van der Waals surface area contributed by atoms with Gasteiger partial charge in [-0.3, -0.25) is 14.4 Å². The van der Waals surface area contributed by atoms with Crippen molar-refractivity contribution >= 4 is 17.7 Å². The molecule has 5 aromatic rings. The van der Waals surface area contributed by atoms with Crippen LogP contribution >= 0.6 is 0 Å². The molecular weight excluding hydrogens is 566 g/mol. The van der Waals surface area contributed by atoms with Gasteiger partial charge < -0.3 is 25.8 Å². The molecule has 0 saturated carbocycles. The summed E-state index contributed by atoms with van der Waals surface area (Å²) in [6.07, 6.45) is 0. The smallest absolute Gasteiger partial charge is 0.252 e.